The van der Waals surface area contributed by atoms with E-state index in [1.807, 2.05) is 54.7 Å². The summed E-state index contributed by atoms with van der Waals surface area (Å²) in [6, 6.07) is 7.72. The van der Waals surface area contributed by atoms with Crippen LogP contribution in [-0.2, 0) is 16.6 Å². The van der Waals surface area contributed by atoms with Crippen molar-refractivity contribution in [3.63, 3.8) is 0 Å². The molecule has 24 heavy (non-hydrogen) atoms. The van der Waals surface area contributed by atoms with Crippen molar-refractivity contribution in [1.29, 1.82) is 0 Å². The third-order valence-corrected chi connectivity index (χ3v) is 4.19. The van der Waals surface area contributed by atoms with Gasteiger partial charge in [0.25, 0.3) is 0 Å². The highest BCUT2D eigenvalue weighted by molar-refractivity contribution is 5.75. The maximum Gasteiger partial charge on any atom is 0.222 e. The Bertz CT molecular complexity index is 708. The Morgan fingerprint density at radius 3 is 2.96 bits per heavy atom. The number of morpholine rings is 1. The van der Waals surface area contributed by atoms with Crippen molar-refractivity contribution in [2.24, 2.45) is 7.05 Å². The van der Waals surface area contributed by atoms with Gasteiger partial charge in [-0.2, -0.15) is 5.10 Å². The molecule has 1 N–H and O–H groups in total. The van der Waals surface area contributed by atoms with Gasteiger partial charge in [-0.25, -0.2) is 4.98 Å². The van der Waals surface area contributed by atoms with Gasteiger partial charge in [0.1, 0.15) is 11.9 Å². The zero-order chi connectivity index (χ0) is 17.1. The van der Waals surface area contributed by atoms with Crippen molar-refractivity contribution in [2.75, 3.05) is 25.0 Å². The van der Waals surface area contributed by atoms with Gasteiger partial charge in [0, 0.05) is 31.8 Å². The quantitative estimate of drug-likeness (QED) is 0.931. The van der Waals surface area contributed by atoms with E-state index in [2.05, 4.69) is 15.4 Å². The third kappa shape index (κ3) is 3.56. The van der Waals surface area contributed by atoms with E-state index < -0.39 is 0 Å². The number of anilines is 2. The van der Waals surface area contributed by atoms with Gasteiger partial charge >= 0.3 is 0 Å². The normalized spacial score (nSPS) is 17.8. The minimum Gasteiger partial charge on any atom is -0.368 e. The number of hydrogen-bond donors (Lipinski definition) is 1. The second kappa shape index (κ2) is 7.00. The molecule has 3 rings (SSSR count). The van der Waals surface area contributed by atoms with Gasteiger partial charge in [0.05, 0.1) is 18.8 Å². The number of hydrogen-bond acceptors (Lipinski definition) is 5. The van der Waals surface area contributed by atoms with E-state index in [9.17, 15) is 4.79 Å². The molecule has 0 aromatic carbocycles. The molecule has 0 unspecified atom stereocenters. The van der Waals surface area contributed by atoms with E-state index in [0.29, 0.717) is 31.9 Å². The van der Waals surface area contributed by atoms with Crippen LogP contribution in [0.4, 0.5) is 11.6 Å². The topological polar surface area (TPSA) is 72.3 Å². The van der Waals surface area contributed by atoms with Crippen LogP contribution in [0.15, 0.2) is 24.3 Å². The van der Waals surface area contributed by atoms with Crippen molar-refractivity contribution >= 4 is 17.5 Å². The number of nitrogens with one attached hydrogen (secondary N) is 1. The Morgan fingerprint density at radius 1 is 1.42 bits per heavy atom. The summed E-state index contributed by atoms with van der Waals surface area (Å²) in [6.45, 7) is 5.61. The molecular weight excluding hydrogens is 306 g/mol. The first-order valence-electron chi connectivity index (χ1n) is 8.21. The maximum absolute atomic E-state index is 11.9. The van der Waals surface area contributed by atoms with Crippen LogP contribution < -0.4 is 5.32 Å². The fraction of sp³-hybridized carbons (Fsp3) is 0.471. The molecule has 128 valence electrons. The van der Waals surface area contributed by atoms with Crippen molar-refractivity contribution in [3.05, 3.63) is 35.7 Å². The fourth-order valence-corrected chi connectivity index (χ4v) is 2.73. The molecule has 0 spiro atoms. The first kappa shape index (κ1) is 16.4. The van der Waals surface area contributed by atoms with E-state index >= 15 is 0 Å². The zero-order valence-electron chi connectivity index (χ0n) is 14.3. The molecule has 1 fully saturated rings. The number of ether oxygens (including phenoxy) is 1. The van der Waals surface area contributed by atoms with Crippen LogP contribution in [0.25, 0.3) is 0 Å². The molecule has 0 radical (unpaired) electrons. The van der Waals surface area contributed by atoms with Gasteiger partial charge in [-0.15, -0.1) is 0 Å². The molecule has 2 aromatic rings. The van der Waals surface area contributed by atoms with E-state index in [-0.39, 0.29) is 12.0 Å². The van der Waals surface area contributed by atoms with E-state index in [4.69, 9.17) is 4.74 Å². The van der Waals surface area contributed by atoms with Crippen LogP contribution in [0, 0.1) is 6.92 Å². The number of carbonyl (C=O) groups is 1. The van der Waals surface area contributed by atoms with Crippen LogP contribution in [-0.4, -0.2) is 45.3 Å². The summed E-state index contributed by atoms with van der Waals surface area (Å²) in [7, 11) is 1.90. The maximum atomic E-state index is 11.9. The van der Waals surface area contributed by atoms with Crippen molar-refractivity contribution in [2.45, 2.75) is 26.4 Å². The van der Waals surface area contributed by atoms with Crippen LogP contribution in [0.3, 0.4) is 0 Å². The predicted octanol–water partition coefficient (Wildman–Crippen LogP) is 2.18. The molecule has 1 amide bonds. The van der Waals surface area contributed by atoms with Gasteiger partial charge in [-0.1, -0.05) is 13.0 Å². The molecule has 0 bridgehead atoms. The smallest absolute Gasteiger partial charge is 0.222 e. The molecule has 1 aliphatic heterocycles. The summed E-state index contributed by atoms with van der Waals surface area (Å²) in [5, 5.41) is 7.59. The Morgan fingerprint density at radius 2 is 2.25 bits per heavy atom. The number of amides is 1. The minimum atomic E-state index is -0.193. The lowest BCUT2D eigenvalue weighted by molar-refractivity contribution is -0.138. The number of aromatic nitrogens is 3. The first-order chi connectivity index (χ1) is 11.6. The third-order valence-electron chi connectivity index (χ3n) is 4.19. The van der Waals surface area contributed by atoms with Crippen LogP contribution >= 0.6 is 0 Å². The van der Waals surface area contributed by atoms with Crippen LogP contribution in [0.5, 0.6) is 0 Å². The summed E-state index contributed by atoms with van der Waals surface area (Å²) in [4.78, 5) is 18.4. The molecule has 3 heterocycles. The average molecular weight is 329 g/mol. The van der Waals surface area contributed by atoms with Crippen molar-refractivity contribution < 1.29 is 9.53 Å². The molecule has 1 aliphatic rings. The summed E-state index contributed by atoms with van der Waals surface area (Å²) < 4.78 is 7.62. The monoisotopic (exact) mass is 329 g/mol. The Hall–Kier alpha value is -2.41. The summed E-state index contributed by atoms with van der Waals surface area (Å²) >= 11 is 0. The van der Waals surface area contributed by atoms with Gasteiger partial charge in [-0.3, -0.25) is 9.48 Å². The average Bonchev–Trinajstić information content (AvgIpc) is 2.92. The molecule has 1 saturated heterocycles. The number of rotatable bonds is 4. The van der Waals surface area contributed by atoms with E-state index in [1.54, 1.807) is 0 Å². The highest BCUT2D eigenvalue weighted by atomic mass is 16.5. The number of nitrogens with zero attached hydrogens (tertiary/aromatic N) is 4. The Kier molecular flexibility index (Phi) is 4.80. The summed E-state index contributed by atoms with van der Waals surface area (Å²) in [5.41, 5.74) is 1.89. The number of carbonyl (C=O) groups excluding carboxylic acids is 1. The van der Waals surface area contributed by atoms with Crippen molar-refractivity contribution in [3.8, 4) is 0 Å². The molecule has 0 aliphatic carbocycles. The molecular formula is C17H23N5O2. The lowest BCUT2D eigenvalue weighted by Gasteiger charge is -2.32. The SMILES string of the molecule is CCC(=O)N1CCO[C@@H](c2cccc(Nc3cc(C)n(C)n3)n2)C1. The Labute approximate surface area is 141 Å². The molecule has 1 atom stereocenters. The summed E-state index contributed by atoms with van der Waals surface area (Å²) in [5.74, 6) is 1.63. The van der Waals surface area contributed by atoms with Crippen LogP contribution in [0.1, 0.15) is 30.8 Å². The van der Waals surface area contributed by atoms with Crippen molar-refractivity contribution in [1.82, 2.24) is 19.7 Å². The molecule has 0 saturated carbocycles. The van der Waals surface area contributed by atoms with E-state index in [0.717, 1.165) is 17.2 Å². The van der Waals surface area contributed by atoms with Gasteiger partial charge in [-0.05, 0) is 19.1 Å². The standard InChI is InChI=1S/C17H23N5O2/c1-4-17(23)22-8-9-24-14(11-22)13-6-5-7-15(18-13)19-16-10-12(2)21(3)20-16/h5-7,10,14H,4,8-9,11H2,1-3H3,(H,18,19,20)/t14-/m1/s1. The summed E-state index contributed by atoms with van der Waals surface area (Å²) in [6.07, 6.45) is 0.322. The van der Waals surface area contributed by atoms with Gasteiger partial charge in [0.15, 0.2) is 5.82 Å². The lowest BCUT2D eigenvalue weighted by atomic mass is 10.1. The fourth-order valence-electron chi connectivity index (χ4n) is 2.73. The molecule has 7 nitrogen and oxygen atoms in total. The number of aryl methyl sites for hydroxylation is 2. The molecule has 2 aromatic heterocycles. The van der Waals surface area contributed by atoms with E-state index in [1.165, 1.54) is 0 Å². The largest absolute Gasteiger partial charge is 0.368 e. The zero-order valence-corrected chi connectivity index (χ0v) is 14.3. The van der Waals surface area contributed by atoms with Crippen LogP contribution in [0.2, 0.25) is 0 Å². The predicted molar refractivity (Wildman–Crippen MR) is 91.0 cm³/mol. The lowest BCUT2D eigenvalue weighted by Crippen LogP contribution is -2.42. The second-order valence-corrected chi connectivity index (χ2v) is 5.92. The van der Waals surface area contributed by atoms with Gasteiger partial charge < -0.3 is 15.0 Å². The highest BCUT2D eigenvalue weighted by Crippen LogP contribution is 2.23. The minimum absolute atomic E-state index is 0.154. The second-order valence-electron chi connectivity index (χ2n) is 5.92. The first-order valence-corrected chi connectivity index (χ1v) is 8.21. The van der Waals surface area contributed by atoms with Gasteiger partial charge in [0.2, 0.25) is 5.91 Å². The highest BCUT2D eigenvalue weighted by Gasteiger charge is 2.25. The number of pyridine rings is 1. The molecule has 7 heteroatoms. The Balaban J connectivity index is 1.73.